The van der Waals surface area contributed by atoms with Crippen LogP contribution in [0.3, 0.4) is 0 Å². The SMILES string of the molecule is Cc1ccc(-n2cc(C(=O)NC3CCCNC3C)nn2)cc1.Cl. The molecule has 3 rings (SSSR count). The predicted octanol–water partition coefficient (Wildman–Crippen LogP) is 1.87. The molecule has 1 aromatic heterocycles. The van der Waals surface area contributed by atoms with Gasteiger partial charge in [-0.15, -0.1) is 17.5 Å². The number of amides is 1. The van der Waals surface area contributed by atoms with E-state index in [9.17, 15) is 4.79 Å². The highest BCUT2D eigenvalue weighted by Gasteiger charge is 2.24. The monoisotopic (exact) mass is 335 g/mol. The van der Waals surface area contributed by atoms with Crippen molar-refractivity contribution in [2.75, 3.05) is 6.54 Å². The van der Waals surface area contributed by atoms with E-state index in [2.05, 4.69) is 27.9 Å². The van der Waals surface area contributed by atoms with E-state index in [1.54, 1.807) is 10.9 Å². The zero-order valence-corrected chi connectivity index (χ0v) is 14.1. The lowest BCUT2D eigenvalue weighted by molar-refractivity contribution is 0.0914. The van der Waals surface area contributed by atoms with Gasteiger partial charge in [0.15, 0.2) is 5.69 Å². The van der Waals surface area contributed by atoms with Crippen molar-refractivity contribution in [3.63, 3.8) is 0 Å². The number of piperidine rings is 1. The second-order valence-corrected chi connectivity index (χ2v) is 5.85. The summed E-state index contributed by atoms with van der Waals surface area (Å²) in [6.45, 7) is 5.13. The summed E-state index contributed by atoms with van der Waals surface area (Å²) < 4.78 is 1.62. The molecule has 23 heavy (non-hydrogen) atoms. The van der Waals surface area contributed by atoms with Gasteiger partial charge < -0.3 is 10.6 Å². The van der Waals surface area contributed by atoms with Crippen molar-refractivity contribution in [3.05, 3.63) is 41.7 Å². The molecule has 0 spiro atoms. The third-order valence-corrected chi connectivity index (χ3v) is 4.10. The molecule has 0 radical (unpaired) electrons. The normalized spacial score (nSPS) is 20.6. The van der Waals surface area contributed by atoms with Gasteiger partial charge in [0.2, 0.25) is 0 Å². The van der Waals surface area contributed by atoms with Crippen LogP contribution in [0.5, 0.6) is 0 Å². The fourth-order valence-corrected chi connectivity index (χ4v) is 2.68. The van der Waals surface area contributed by atoms with E-state index in [0.717, 1.165) is 25.1 Å². The molecular weight excluding hydrogens is 314 g/mol. The zero-order chi connectivity index (χ0) is 15.5. The number of nitrogens with one attached hydrogen (secondary N) is 2. The molecule has 1 amide bonds. The van der Waals surface area contributed by atoms with Gasteiger partial charge in [0.1, 0.15) is 0 Å². The van der Waals surface area contributed by atoms with E-state index in [1.165, 1.54) is 5.56 Å². The minimum Gasteiger partial charge on any atom is -0.346 e. The molecule has 2 heterocycles. The number of benzene rings is 1. The Morgan fingerprint density at radius 2 is 2.09 bits per heavy atom. The van der Waals surface area contributed by atoms with Gasteiger partial charge >= 0.3 is 0 Å². The van der Waals surface area contributed by atoms with Crippen molar-refractivity contribution in [1.82, 2.24) is 25.6 Å². The number of aryl methyl sites for hydroxylation is 1. The highest BCUT2D eigenvalue weighted by atomic mass is 35.5. The Hall–Kier alpha value is -1.92. The third-order valence-electron chi connectivity index (χ3n) is 4.10. The van der Waals surface area contributed by atoms with E-state index in [-0.39, 0.29) is 30.4 Å². The summed E-state index contributed by atoms with van der Waals surface area (Å²) in [7, 11) is 0. The number of hydrogen-bond donors (Lipinski definition) is 2. The first-order valence-corrected chi connectivity index (χ1v) is 7.67. The Labute approximate surface area is 142 Å². The van der Waals surface area contributed by atoms with E-state index in [1.807, 2.05) is 31.2 Å². The van der Waals surface area contributed by atoms with Crippen LogP contribution in [0, 0.1) is 6.92 Å². The number of carbonyl (C=O) groups excluding carboxylic acids is 1. The van der Waals surface area contributed by atoms with Crippen LogP contribution in [-0.2, 0) is 0 Å². The van der Waals surface area contributed by atoms with E-state index < -0.39 is 0 Å². The van der Waals surface area contributed by atoms with Crippen molar-refractivity contribution in [1.29, 1.82) is 0 Å². The van der Waals surface area contributed by atoms with Crippen molar-refractivity contribution in [2.45, 2.75) is 38.8 Å². The van der Waals surface area contributed by atoms with Crippen LogP contribution in [0.4, 0.5) is 0 Å². The fraction of sp³-hybridized carbons (Fsp3) is 0.438. The molecule has 0 aliphatic carbocycles. The van der Waals surface area contributed by atoms with Crippen LogP contribution in [0.25, 0.3) is 5.69 Å². The molecular formula is C16H22ClN5O. The van der Waals surface area contributed by atoms with Gasteiger partial charge in [-0.3, -0.25) is 4.79 Å². The molecule has 2 unspecified atom stereocenters. The van der Waals surface area contributed by atoms with E-state index in [0.29, 0.717) is 5.69 Å². The first kappa shape index (κ1) is 17.4. The lowest BCUT2D eigenvalue weighted by Gasteiger charge is -2.30. The van der Waals surface area contributed by atoms with Gasteiger partial charge in [-0.05, 0) is 45.4 Å². The van der Waals surface area contributed by atoms with Gasteiger partial charge in [0.25, 0.3) is 5.91 Å². The molecule has 2 atom stereocenters. The topological polar surface area (TPSA) is 71.8 Å². The smallest absolute Gasteiger partial charge is 0.273 e. The molecule has 0 saturated carbocycles. The van der Waals surface area contributed by atoms with Crippen molar-refractivity contribution >= 4 is 18.3 Å². The van der Waals surface area contributed by atoms with Crippen molar-refractivity contribution in [3.8, 4) is 5.69 Å². The number of nitrogens with zero attached hydrogens (tertiary/aromatic N) is 3. The highest BCUT2D eigenvalue weighted by Crippen LogP contribution is 2.11. The number of hydrogen-bond acceptors (Lipinski definition) is 4. The molecule has 6 nitrogen and oxygen atoms in total. The third kappa shape index (κ3) is 4.09. The minimum atomic E-state index is -0.168. The van der Waals surface area contributed by atoms with Crippen LogP contribution in [0.2, 0.25) is 0 Å². The number of carbonyl (C=O) groups is 1. The summed E-state index contributed by atoms with van der Waals surface area (Å²) in [4.78, 5) is 12.3. The number of aromatic nitrogens is 3. The lowest BCUT2D eigenvalue weighted by Crippen LogP contribution is -2.51. The van der Waals surface area contributed by atoms with Crippen LogP contribution < -0.4 is 10.6 Å². The molecule has 1 saturated heterocycles. The standard InChI is InChI=1S/C16H21N5O.ClH/c1-11-5-7-13(8-6-11)21-10-15(19-20-21)16(22)18-14-4-3-9-17-12(14)2;/h5-8,10,12,14,17H,3-4,9H2,1-2H3,(H,18,22);1H. The Morgan fingerprint density at radius 1 is 1.35 bits per heavy atom. The summed E-state index contributed by atoms with van der Waals surface area (Å²) in [6, 6.07) is 8.35. The largest absolute Gasteiger partial charge is 0.346 e. The molecule has 7 heteroatoms. The summed E-state index contributed by atoms with van der Waals surface area (Å²) in [5, 5.41) is 14.4. The quantitative estimate of drug-likeness (QED) is 0.898. The Bertz CT molecular complexity index is 655. The summed E-state index contributed by atoms with van der Waals surface area (Å²) in [5.41, 5.74) is 2.42. The van der Waals surface area contributed by atoms with Gasteiger partial charge in [-0.1, -0.05) is 22.9 Å². The summed E-state index contributed by atoms with van der Waals surface area (Å²) >= 11 is 0. The number of halogens is 1. The van der Waals surface area contributed by atoms with Gasteiger partial charge in [-0.2, -0.15) is 0 Å². The van der Waals surface area contributed by atoms with E-state index in [4.69, 9.17) is 0 Å². The van der Waals surface area contributed by atoms with Gasteiger partial charge in [0, 0.05) is 12.1 Å². The van der Waals surface area contributed by atoms with Crippen molar-refractivity contribution < 1.29 is 4.79 Å². The minimum absolute atomic E-state index is 0. The maximum absolute atomic E-state index is 12.3. The van der Waals surface area contributed by atoms with Gasteiger partial charge in [-0.25, -0.2) is 4.68 Å². The summed E-state index contributed by atoms with van der Waals surface area (Å²) in [6.07, 6.45) is 3.73. The molecule has 1 aliphatic rings. The Morgan fingerprint density at radius 3 is 2.78 bits per heavy atom. The van der Waals surface area contributed by atoms with Crippen LogP contribution in [-0.4, -0.2) is 39.5 Å². The maximum Gasteiger partial charge on any atom is 0.273 e. The van der Waals surface area contributed by atoms with Crippen LogP contribution >= 0.6 is 12.4 Å². The molecule has 1 fully saturated rings. The number of rotatable bonds is 3. The fourth-order valence-electron chi connectivity index (χ4n) is 2.68. The van der Waals surface area contributed by atoms with Crippen LogP contribution in [0.1, 0.15) is 35.8 Å². The second kappa shape index (κ2) is 7.57. The molecule has 2 N–H and O–H groups in total. The average Bonchev–Trinajstić information content (AvgIpc) is 3.00. The second-order valence-electron chi connectivity index (χ2n) is 5.85. The lowest BCUT2D eigenvalue weighted by atomic mass is 10.00. The Kier molecular flexibility index (Phi) is 5.74. The average molecular weight is 336 g/mol. The highest BCUT2D eigenvalue weighted by molar-refractivity contribution is 5.92. The molecule has 1 aliphatic heterocycles. The van der Waals surface area contributed by atoms with Crippen molar-refractivity contribution in [2.24, 2.45) is 0 Å². The molecule has 0 bridgehead atoms. The first-order chi connectivity index (χ1) is 10.6. The Balaban J connectivity index is 0.00000192. The molecule has 124 valence electrons. The van der Waals surface area contributed by atoms with E-state index >= 15 is 0 Å². The maximum atomic E-state index is 12.3. The first-order valence-electron chi connectivity index (χ1n) is 7.67. The molecule has 1 aromatic carbocycles. The molecule has 2 aromatic rings. The summed E-state index contributed by atoms with van der Waals surface area (Å²) in [5.74, 6) is -0.168. The predicted molar refractivity (Wildman–Crippen MR) is 91.3 cm³/mol. The zero-order valence-electron chi connectivity index (χ0n) is 13.3. The van der Waals surface area contributed by atoms with Gasteiger partial charge in [0.05, 0.1) is 11.9 Å². The van der Waals surface area contributed by atoms with Crippen LogP contribution in [0.15, 0.2) is 30.5 Å².